The first-order chi connectivity index (χ1) is 14.6. The maximum atomic E-state index is 12.6. The number of benzene rings is 2. The predicted molar refractivity (Wildman–Crippen MR) is 140 cm³/mol. The number of carbonyl (C=O) groups is 1. The van der Waals surface area contributed by atoms with E-state index in [-0.39, 0.29) is 21.1 Å². The van der Waals surface area contributed by atoms with Gasteiger partial charge < -0.3 is 9.47 Å². The lowest BCUT2D eigenvalue weighted by atomic mass is 10.0. The summed E-state index contributed by atoms with van der Waals surface area (Å²) in [6, 6.07) is 14.2. The molecule has 0 bridgehead atoms. The number of carbonyl (C=O) groups excluding carboxylic acids is 1. The van der Waals surface area contributed by atoms with Gasteiger partial charge in [0.15, 0.2) is 5.78 Å². The van der Waals surface area contributed by atoms with Crippen molar-refractivity contribution in [3.05, 3.63) is 64.7 Å². The van der Waals surface area contributed by atoms with Crippen molar-refractivity contribution < 1.29 is 14.3 Å². The van der Waals surface area contributed by atoms with Gasteiger partial charge >= 0.3 is 0 Å². The third-order valence-corrected chi connectivity index (χ3v) is 12.4. The molecule has 0 saturated heterocycles. The Labute approximate surface area is 201 Å². The summed E-state index contributed by atoms with van der Waals surface area (Å²) in [6.45, 7) is 16.1. The minimum atomic E-state index is -0.993. The van der Waals surface area contributed by atoms with Crippen molar-refractivity contribution in [2.24, 2.45) is 0 Å². The standard InChI is InChI=1S/C27H39ClO3S/c1-25(2,3)32(8,9)27(6,7)30-19-18-26(4,5)31-23-16-12-21(13-17-23)24(29)20-10-14-22(28)15-11-20/h10-17H,18-19H2,1-9H3. The monoisotopic (exact) mass is 478 g/mol. The number of hydrogen-bond donors (Lipinski definition) is 0. The molecule has 0 saturated carbocycles. The molecule has 2 rings (SSSR count). The molecule has 5 heteroatoms. The Kier molecular flexibility index (Phi) is 8.18. The van der Waals surface area contributed by atoms with E-state index in [4.69, 9.17) is 21.1 Å². The maximum absolute atomic E-state index is 12.6. The van der Waals surface area contributed by atoms with Crippen LogP contribution in [0.2, 0.25) is 5.02 Å². The molecule has 0 aliphatic rings. The second kappa shape index (κ2) is 9.79. The van der Waals surface area contributed by atoms with Crippen molar-refractivity contribution in [1.29, 1.82) is 0 Å². The summed E-state index contributed by atoms with van der Waals surface area (Å²) in [6.07, 6.45) is 5.46. The molecule has 0 N–H and O–H groups in total. The van der Waals surface area contributed by atoms with Gasteiger partial charge in [-0.3, -0.25) is 4.79 Å². The van der Waals surface area contributed by atoms with E-state index in [1.807, 2.05) is 12.1 Å². The molecule has 0 fully saturated rings. The molecule has 0 radical (unpaired) electrons. The molecule has 0 heterocycles. The van der Waals surface area contributed by atoms with E-state index in [1.54, 1.807) is 36.4 Å². The Morgan fingerprint density at radius 2 is 1.31 bits per heavy atom. The number of ether oxygens (including phenoxy) is 2. The quantitative estimate of drug-likeness (QED) is 0.346. The molecule has 178 valence electrons. The number of hydrogen-bond acceptors (Lipinski definition) is 3. The van der Waals surface area contributed by atoms with Crippen LogP contribution >= 0.6 is 21.6 Å². The van der Waals surface area contributed by atoms with Crippen molar-refractivity contribution in [2.45, 2.75) is 70.2 Å². The van der Waals surface area contributed by atoms with Gasteiger partial charge in [0, 0.05) is 22.6 Å². The normalized spacial score (nSPS) is 13.7. The third-order valence-electron chi connectivity index (χ3n) is 6.53. The van der Waals surface area contributed by atoms with Crippen molar-refractivity contribution in [1.82, 2.24) is 0 Å². The zero-order valence-corrected chi connectivity index (χ0v) is 22.6. The smallest absolute Gasteiger partial charge is 0.193 e. The predicted octanol–water partition coefficient (Wildman–Crippen LogP) is 7.73. The highest BCUT2D eigenvalue weighted by Crippen LogP contribution is 2.62. The second-order valence-electron chi connectivity index (χ2n) is 10.7. The first-order valence-electron chi connectivity index (χ1n) is 11.0. The Hall–Kier alpha value is -1.49. The van der Waals surface area contributed by atoms with Gasteiger partial charge in [-0.2, -0.15) is 0 Å². The summed E-state index contributed by atoms with van der Waals surface area (Å²) in [4.78, 5) is 12.5. The van der Waals surface area contributed by atoms with E-state index < -0.39 is 10.0 Å². The number of rotatable bonds is 9. The Morgan fingerprint density at radius 1 is 0.844 bits per heavy atom. The molecule has 2 aromatic carbocycles. The first kappa shape index (κ1) is 26.8. The average Bonchev–Trinajstić information content (AvgIpc) is 2.67. The summed E-state index contributed by atoms with van der Waals surface area (Å²) < 4.78 is 12.8. The Bertz CT molecular complexity index is 907. The number of halogens is 1. The molecule has 0 amide bonds. The molecule has 0 unspecified atom stereocenters. The van der Waals surface area contributed by atoms with Gasteiger partial charge in [-0.05, 0) is 93.5 Å². The van der Waals surface area contributed by atoms with E-state index in [2.05, 4.69) is 61.0 Å². The molecule has 3 nitrogen and oxygen atoms in total. The van der Waals surface area contributed by atoms with Gasteiger partial charge in [0.1, 0.15) is 11.4 Å². The maximum Gasteiger partial charge on any atom is 0.193 e. The van der Waals surface area contributed by atoms with E-state index in [9.17, 15) is 4.79 Å². The molecule has 0 spiro atoms. The van der Waals surface area contributed by atoms with E-state index in [1.165, 1.54) is 0 Å². The fourth-order valence-corrected chi connectivity index (χ4v) is 5.22. The minimum absolute atomic E-state index is 0.0351. The van der Waals surface area contributed by atoms with E-state index in [0.29, 0.717) is 22.8 Å². The van der Waals surface area contributed by atoms with Crippen molar-refractivity contribution in [3.8, 4) is 5.75 Å². The first-order valence-corrected chi connectivity index (χ1v) is 13.8. The third kappa shape index (κ3) is 6.52. The van der Waals surface area contributed by atoms with Crippen LogP contribution < -0.4 is 4.74 Å². The lowest BCUT2D eigenvalue weighted by Gasteiger charge is -2.55. The second-order valence-corrected chi connectivity index (χ2v) is 16.0. The average molecular weight is 479 g/mol. The van der Waals surface area contributed by atoms with E-state index >= 15 is 0 Å². The van der Waals surface area contributed by atoms with Crippen LogP contribution in [0.15, 0.2) is 48.5 Å². The van der Waals surface area contributed by atoms with Gasteiger partial charge in [0.05, 0.1) is 11.5 Å². The highest BCUT2D eigenvalue weighted by Gasteiger charge is 2.42. The fraction of sp³-hybridized carbons (Fsp3) is 0.519. The fourth-order valence-electron chi connectivity index (χ4n) is 3.24. The molecule has 32 heavy (non-hydrogen) atoms. The van der Waals surface area contributed by atoms with Crippen molar-refractivity contribution >= 4 is 27.4 Å². The van der Waals surface area contributed by atoms with Crippen LogP contribution in [0, 0.1) is 0 Å². The molecule has 0 atom stereocenters. The zero-order chi connectivity index (χ0) is 24.4. The van der Waals surface area contributed by atoms with Gasteiger partial charge in [0.25, 0.3) is 0 Å². The molecular weight excluding hydrogens is 440 g/mol. The van der Waals surface area contributed by atoms with Crippen LogP contribution in [0.25, 0.3) is 0 Å². The molecule has 0 aliphatic heterocycles. The highest BCUT2D eigenvalue weighted by atomic mass is 35.5. The SMILES string of the molecule is CC(C)(CCOC(C)(C)S(C)(C)C(C)(C)C)Oc1ccc(C(=O)c2ccc(Cl)cc2)cc1. The molecule has 0 aliphatic carbocycles. The van der Waals surface area contributed by atoms with Crippen LogP contribution in [0.3, 0.4) is 0 Å². The van der Waals surface area contributed by atoms with Gasteiger partial charge in [-0.1, -0.05) is 32.4 Å². The van der Waals surface area contributed by atoms with E-state index in [0.717, 1.165) is 12.2 Å². The summed E-state index contributed by atoms with van der Waals surface area (Å²) in [5.41, 5.74) is 0.845. The Morgan fingerprint density at radius 3 is 1.78 bits per heavy atom. The topological polar surface area (TPSA) is 35.5 Å². The molecule has 0 aromatic heterocycles. The van der Waals surface area contributed by atoms with Crippen molar-refractivity contribution in [2.75, 3.05) is 19.1 Å². The molecule has 2 aromatic rings. The minimum Gasteiger partial charge on any atom is -0.488 e. The number of ketones is 1. The van der Waals surface area contributed by atoms with Gasteiger partial charge in [-0.25, -0.2) is 10.0 Å². The summed E-state index contributed by atoms with van der Waals surface area (Å²) >= 11 is 5.91. The van der Waals surface area contributed by atoms with Crippen LogP contribution in [0.4, 0.5) is 0 Å². The molecular formula is C27H39ClO3S. The van der Waals surface area contributed by atoms with Crippen LogP contribution in [0.1, 0.15) is 70.8 Å². The van der Waals surface area contributed by atoms with Crippen LogP contribution in [-0.2, 0) is 4.74 Å². The largest absolute Gasteiger partial charge is 0.488 e. The lowest BCUT2D eigenvalue weighted by molar-refractivity contribution is 0.00572. The Balaban J connectivity index is 1.97. The van der Waals surface area contributed by atoms with Crippen LogP contribution in [-0.4, -0.2) is 40.2 Å². The van der Waals surface area contributed by atoms with Gasteiger partial charge in [-0.15, -0.1) is 0 Å². The van der Waals surface area contributed by atoms with Crippen LogP contribution in [0.5, 0.6) is 5.75 Å². The summed E-state index contributed by atoms with van der Waals surface area (Å²) in [5.74, 6) is 0.703. The van der Waals surface area contributed by atoms with Gasteiger partial charge in [0.2, 0.25) is 0 Å². The summed E-state index contributed by atoms with van der Waals surface area (Å²) in [7, 11) is -0.993. The summed E-state index contributed by atoms with van der Waals surface area (Å²) in [5, 5.41) is 0.614. The lowest BCUT2D eigenvalue weighted by Crippen LogP contribution is -2.42. The zero-order valence-electron chi connectivity index (χ0n) is 21.0. The highest BCUT2D eigenvalue weighted by molar-refractivity contribution is 8.34. The van der Waals surface area contributed by atoms with Crippen molar-refractivity contribution in [3.63, 3.8) is 0 Å².